The highest BCUT2D eigenvalue weighted by Gasteiger charge is 2.06. The first-order valence-electron chi connectivity index (χ1n) is 5.73. The molecule has 0 aliphatic heterocycles. The lowest BCUT2D eigenvalue weighted by atomic mass is 10.1. The molecule has 1 heterocycles. The zero-order chi connectivity index (χ0) is 12.0. The van der Waals surface area contributed by atoms with Crippen molar-refractivity contribution in [3.63, 3.8) is 0 Å². The third-order valence-corrected chi connectivity index (χ3v) is 2.14. The second-order valence-corrected chi connectivity index (χ2v) is 4.05. The molecule has 90 valence electrons. The summed E-state index contributed by atoms with van der Waals surface area (Å²) in [6.07, 6.45) is 0.917. The molecule has 0 aromatic carbocycles. The van der Waals surface area contributed by atoms with Crippen LogP contribution in [0.25, 0.3) is 0 Å². The third kappa shape index (κ3) is 4.49. The van der Waals surface area contributed by atoms with E-state index in [9.17, 15) is 0 Å². The molecule has 0 radical (unpaired) electrons. The van der Waals surface area contributed by atoms with Gasteiger partial charge in [-0.2, -0.15) is 4.98 Å². The fourth-order valence-corrected chi connectivity index (χ4v) is 1.59. The summed E-state index contributed by atoms with van der Waals surface area (Å²) in [5.41, 5.74) is 5.74. The van der Waals surface area contributed by atoms with E-state index in [1.807, 2.05) is 32.0 Å². The minimum atomic E-state index is 0.192. The van der Waals surface area contributed by atoms with Gasteiger partial charge in [0.2, 0.25) is 5.88 Å². The summed E-state index contributed by atoms with van der Waals surface area (Å²) >= 11 is 0. The molecule has 4 heteroatoms. The molecule has 1 aromatic heterocycles. The number of ether oxygens (including phenoxy) is 1. The predicted octanol–water partition coefficient (Wildman–Crippen LogP) is 2.02. The van der Waals surface area contributed by atoms with Crippen LogP contribution < -0.4 is 15.8 Å². The Morgan fingerprint density at radius 3 is 2.81 bits per heavy atom. The standard InChI is InChI=1S/C12H21N3O/c1-4-16-12-7-5-6-11(15-12)14-10(3)8-9(2)13/h5-7,9-10H,4,8,13H2,1-3H3,(H,14,15). The Labute approximate surface area is 97.2 Å². The fraction of sp³-hybridized carbons (Fsp3) is 0.583. The fourth-order valence-electron chi connectivity index (χ4n) is 1.59. The topological polar surface area (TPSA) is 60.2 Å². The number of aromatic nitrogens is 1. The molecular weight excluding hydrogens is 202 g/mol. The molecule has 0 fully saturated rings. The van der Waals surface area contributed by atoms with E-state index in [1.54, 1.807) is 0 Å². The van der Waals surface area contributed by atoms with Crippen LogP contribution in [0.2, 0.25) is 0 Å². The molecule has 4 nitrogen and oxygen atoms in total. The predicted molar refractivity (Wildman–Crippen MR) is 66.8 cm³/mol. The van der Waals surface area contributed by atoms with Crippen molar-refractivity contribution in [1.82, 2.24) is 4.98 Å². The monoisotopic (exact) mass is 223 g/mol. The van der Waals surface area contributed by atoms with Gasteiger partial charge < -0.3 is 15.8 Å². The van der Waals surface area contributed by atoms with Gasteiger partial charge in [-0.3, -0.25) is 0 Å². The van der Waals surface area contributed by atoms with Gasteiger partial charge in [0.25, 0.3) is 0 Å². The number of hydrogen-bond donors (Lipinski definition) is 2. The van der Waals surface area contributed by atoms with Crippen LogP contribution in [0.5, 0.6) is 5.88 Å². The maximum absolute atomic E-state index is 5.74. The number of nitrogens with zero attached hydrogens (tertiary/aromatic N) is 1. The van der Waals surface area contributed by atoms with E-state index in [1.165, 1.54) is 0 Å². The lowest BCUT2D eigenvalue weighted by molar-refractivity contribution is 0.327. The minimum Gasteiger partial charge on any atom is -0.478 e. The molecule has 0 amide bonds. The Kier molecular flexibility index (Phi) is 5.05. The summed E-state index contributed by atoms with van der Waals surface area (Å²) < 4.78 is 5.33. The summed E-state index contributed by atoms with van der Waals surface area (Å²) in [7, 11) is 0. The Balaban J connectivity index is 2.55. The lowest BCUT2D eigenvalue weighted by Gasteiger charge is -2.16. The lowest BCUT2D eigenvalue weighted by Crippen LogP contribution is -2.26. The molecule has 0 aliphatic rings. The van der Waals surface area contributed by atoms with Crippen LogP contribution in [0.15, 0.2) is 18.2 Å². The smallest absolute Gasteiger partial charge is 0.215 e. The second-order valence-electron chi connectivity index (χ2n) is 4.05. The van der Waals surface area contributed by atoms with Crippen LogP contribution in [0.1, 0.15) is 27.2 Å². The molecule has 1 rings (SSSR count). The SMILES string of the molecule is CCOc1cccc(NC(C)CC(C)N)n1. The van der Waals surface area contributed by atoms with Crippen molar-refractivity contribution in [1.29, 1.82) is 0 Å². The van der Waals surface area contributed by atoms with Gasteiger partial charge in [-0.05, 0) is 33.3 Å². The van der Waals surface area contributed by atoms with Crippen molar-refractivity contribution in [2.45, 2.75) is 39.3 Å². The first-order chi connectivity index (χ1) is 7.61. The van der Waals surface area contributed by atoms with E-state index in [0.717, 1.165) is 12.2 Å². The molecule has 0 bridgehead atoms. The quantitative estimate of drug-likeness (QED) is 0.774. The van der Waals surface area contributed by atoms with Crippen LogP contribution in [-0.2, 0) is 0 Å². The maximum atomic E-state index is 5.74. The molecule has 0 saturated carbocycles. The van der Waals surface area contributed by atoms with E-state index < -0.39 is 0 Å². The van der Waals surface area contributed by atoms with Crippen LogP contribution in [0.4, 0.5) is 5.82 Å². The van der Waals surface area contributed by atoms with Crippen molar-refractivity contribution < 1.29 is 4.74 Å². The van der Waals surface area contributed by atoms with E-state index in [0.29, 0.717) is 18.5 Å². The minimum absolute atomic E-state index is 0.192. The van der Waals surface area contributed by atoms with E-state index in [2.05, 4.69) is 17.2 Å². The van der Waals surface area contributed by atoms with Gasteiger partial charge in [-0.15, -0.1) is 0 Å². The maximum Gasteiger partial charge on any atom is 0.215 e. The summed E-state index contributed by atoms with van der Waals surface area (Å²) in [6.45, 7) is 6.67. The number of rotatable bonds is 6. The second kappa shape index (κ2) is 6.33. The van der Waals surface area contributed by atoms with Crippen molar-refractivity contribution in [2.75, 3.05) is 11.9 Å². The zero-order valence-electron chi connectivity index (χ0n) is 10.2. The number of nitrogens with two attached hydrogens (primary N) is 1. The Morgan fingerprint density at radius 1 is 1.44 bits per heavy atom. The molecule has 2 unspecified atom stereocenters. The molecule has 3 N–H and O–H groups in total. The van der Waals surface area contributed by atoms with Crippen molar-refractivity contribution in [2.24, 2.45) is 5.73 Å². The van der Waals surface area contributed by atoms with Crippen molar-refractivity contribution >= 4 is 5.82 Å². The highest BCUT2D eigenvalue weighted by atomic mass is 16.5. The summed E-state index contributed by atoms with van der Waals surface area (Å²) in [5.74, 6) is 1.49. The Hall–Kier alpha value is -1.29. The van der Waals surface area contributed by atoms with Crippen LogP contribution in [0.3, 0.4) is 0 Å². The highest BCUT2D eigenvalue weighted by Crippen LogP contribution is 2.13. The van der Waals surface area contributed by atoms with Gasteiger partial charge in [0.05, 0.1) is 6.61 Å². The van der Waals surface area contributed by atoms with Gasteiger partial charge >= 0.3 is 0 Å². The van der Waals surface area contributed by atoms with Crippen molar-refractivity contribution in [3.8, 4) is 5.88 Å². The van der Waals surface area contributed by atoms with E-state index >= 15 is 0 Å². The molecular formula is C12H21N3O. The molecule has 0 spiro atoms. The van der Waals surface area contributed by atoms with Crippen molar-refractivity contribution in [3.05, 3.63) is 18.2 Å². The van der Waals surface area contributed by atoms with Crippen LogP contribution >= 0.6 is 0 Å². The first kappa shape index (κ1) is 12.8. The Bertz CT molecular complexity index is 315. The van der Waals surface area contributed by atoms with Gasteiger partial charge in [-0.25, -0.2) is 0 Å². The summed E-state index contributed by atoms with van der Waals surface area (Å²) in [6, 6.07) is 6.21. The Morgan fingerprint density at radius 2 is 2.19 bits per heavy atom. The van der Waals surface area contributed by atoms with Gasteiger partial charge in [0, 0.05) is 18.2 Å². The number of hydrogen-bond acceptors (Lipinski definition) is 4. The van der Waals surface area contributed by atoms with E-state index in [-0.39, 0.29) is 6.04 Å². The number of nitrogens with one attached hydrogen (secondary N) is 1. The largest absolute Gasteiger partial charge is 0.478 e. The van der Waals surface area contributed by atoms with Crippen LogP contribution in [-0.4, -0.2) is 23.7 Å². The van der Waals surface area contributed by atoms with Gasteiger partial charge in [-0.1, -0.05) is 6.07 Å². The van der Waals surface area contributed by atoms with Gasteiger partial charge in [0.1, 0.15) is 5.82 Å². The molecule has 1 aromatic rings. The molecule has 16 heavy (non-hydrogen) atoms. The summed E-state index contributed by atoms with van der Waals surface area (Å²) in [5, 5.41) is 3.30. The number of pyridine rings is 1. The normalized spacial score (nSPS) is 14.2. The number of anilines is 1. The molecule has 2 atom stereocenters. The molecule has 0 aliphatic carbocycles. The summed E-state index contributed by atoms with van der Waals surface area (Å²) in [4.78, 5) is 4.34. The highest BCUT2D eigenvalue weighted by molar-refractivity contribution is 5.37. The molecule has 0 saturated heterocycles. The zero-order valence-corrected chi connectivity index (χ0v) is 10.2. The third-order valence-electron chi connectivity index (χ3n) is 2.14. The van der Waals surface area contributed by atoms with Gasteiger partial charge in [0.15, 0.2) is 0 Å². The average molecular weight is 223 g/mol. The van der Waals surface area contributed by atoms with E-state index in [4.69, 9.17) is 10.5 Å². The van der Waals surface area contributed by atoms with Crippen LogP contribution in [0, 0.1) is 0 Å². The first-order valence-corrected chi connectivity index (χ1v) is 5.73. The average Bonchev–Trinajstić information content (AvgIpc) is 2.17.